The molecule has 5 nitrogen and oxygen atoms in total. The molecule has 0 saturated carbocycles. The Kier molecular flexibility index (Phi) is 5.22. The van der Waals surface area contributed by atoms with Crippen LogP contribution in [0.15, 0.2) is 89.5 Å². The highest BCUT2D eigenvalue weighted by atomic mass is 16.3. The van der Waals surface area contributed by atoms with E-state index in [0.29, 0.717) is 24.2 Å². The van der Waals surface area contributed by atoms with Gasteiger partial charge in [0.2, 0.25) is 5.88 Å². The van der Waals surface area contributed by atoms with Crippen LogP contribution in [-0.2, 0) is 12.8 Å². The van der Waals surface area contributed by atoms with E-state index in [1.54, 1.807) is 0 Å². The van der Waals surface area contributed by atoms with E-state index in [4.69, 9.17) is 0 Å². The molecule has 0 radical (unpaired) electrons. The quantitative estimate of drug-likeness (QED) is 0.734. The molecule has 3 aromatic rings. The number of benzene rings is 2. The average Bonchev–Trinajstić information content (AvgIpc) is 2.63. The molecule has 3 rings (SSSR count). The normalized spacial score (nSPS) is 10.5. The van der Waals surface area contributed by atoms with Gasteiger partial charge >= 0.3 is 5.69 Å². The second kappa shape index (κ2) is 7.74. The molecule has 1 N–H and O–H groups in total. The lowest BCUT2D eigenvalue weighted by atomic mass is 10.1. The first-order valence-electron chi connectivity index (χ1n) is 8.49. The summed E-state index contributed by atoms with van der Waals surface area (Å²) in [4.78, 5) is 25.2. The van der Waals surface area contributed by atoms with E-state index in [1.165, 1.54) is 0 Å². The van der Waals surface area contributed by atoms with Gasteiger partial charge in [-0.1, -0.05) is 73.8 Å². The monoisotopic (exact) mass is 360 g/mol. The van der Waals surface area contributed by atoms with E-state index in [1.807, 2.05) is 60.7 Å². The number of hydrogen-bond acceptors (Lipinski definition) is 3. The molecular formula is C22H20N2O3. The molecular weight excluding hydrogens is 340 g/mol. The standard InChI is InChI=1S/C22H20N2O3/c1-16(13-18-9-5-3-6-10-18)23-20(25)15-21(26)24(22(23)27)17(2)14-19-11-7-4-8-12-19/h3-12,15,25H,1-2,13-14H2. The zero-order valence-electron chi connectivity index (χ0n) is 14.8. The van der Waals surface area contributed by atoms with Gasteiger partial charge in [-0.25, -0.2) is 13.9 Å². The van der Waals surface area contributed by atoms with Crippen LogP contribution in [0.2, 0.25) is 0 Å². The summed E-state index contributed by atoms with van der Waals surface area (Å²) in [7, 11) is 0. The minimum Gasteiger partial charge on any atom is -0.494 e. The van der Waals surface area contributed by atoms with Crippen molar-refractivity contribution in [3.05, 3.63) is 112 Å². The molecule has 27 heavy (non-hydrogen) atoms. The predicted molar refractivity (Wildman–Crippen MR) is 108 cm³/mol. The molecule has 136 valence electrons. The van der Waals surface area contributed by atoms with Crippen molar-refractivity contribution in [3.63, 3.8) is 0 Å². The molecule has 0 aliphatic rings. The van der Waals surface area contributed by atoms with Crippen LogP contribution in [0.1, 0.15) is 11.1 Å². The first kappa shape index (κ1) is 18.2. The summed E-state index contributed by atoms with van der Waals surface area (Å²) >= 11 is 0. The van der Waals surface area contributed by atoms with E-state index in [9.17, 15) is 14.7 Å². The summed E-state index contributed by atoms with van der Waals surface area (Å²) < 4.78 is 2.02. The van der Waals surface area contributed by atoms with E-state index in [-0.39, 0.29) is 0 Å². The maximum atomic E-state index is 12.9. The molecule has 1 aromatic heterocycles. The fraction of sp³-hybridized carbons (Fsp3) is 0.0909. The van der Waals surface area contributed by atoms with Gasteiger partial charge in [0.15, 0.2) is 0 Å². The maximum Gasteiger partial charge on any atom is 0.342 e. The number of aromatic hydroxyl groups is 1. The lowest BCUT2D eigenvalue weighted by Gasteiger charge is -2.15. The Bertz CT molecular complexity index is 1090. The largest absolute Gasteiger partial charge is 0.494 e. The van der Waals surface area contributed by atoms with Crippen molar-refractivity contribution in [2.45, 2.75) is 12.8 Å². The summed E-state index contributed by atoms with van der Waals surface area (Å²) in [5.74, 6) is -0.435. The summed E-state index contributed by atoms with van der Waals surface area (Å²) in [6.07, 6.45) is 0.698. The lowest BCUT2D eigenvalue weighted by Crippen LogP contribution is -2.38. The maximum absolute atomic E-state index is 12.9. The number of allylic oxidation sites excluding steroid dienone is 2. The zero-order chi connectivity index (χ0) is 19.4. The Labute approximate surface area is 156 Å². The van der Waals surface area contributed by atoms with Crippen LogP contribution in [0.3, 0.4) is 0 Å². The second-order valence-corrected chi connectivity index (χ2v) is 6.25. The van der Waals surface area contributed by atoms with Crippen LogP contribution < -0.4 is 11.2 Å². The number of aromatic nitrogens is 2. The molecule has 0 aliphatic carbocycles. The van der Waals surface area contributed by atoms with Crippen LogP contribution in [0.25, 0.3) is 11.4 Å². The van der Waals surface area contributed by atoms with Gasteiger partial charge in [0, 0.05) is 24.2 Å². The number of hydrogen-bond donors (Lipinski definition) is 1. The molecule has 0 atom stereocenters. The van der Waals surface area contributed by atoms with E-state index in [2.05, 4.69) is 13.2 Å². The van der Waals surface area contributed by atoms with Crippen LogP contribution in [0.5, 0.6) is 5.88 Å². The molecule has 0 amide bonds. The second-order valence-electron chi connectivity index (χ2n) is 6.25. The van der Waals surface area contributed by atoms with Crippen LogP contribution in [0.4, 0.5) is 0 Å². The fourth-order valence-electron chi connectivity index (χ4n) is 2.94. The molecule has 1 heterocycles. The van der Waals surface area contributed by atoms with Gasteiger partial charge in [-0.15, -0.1) is 0 Å². The highest BCUT2D eigenvalue weighted by Gasteiger charge is 2.15. The van der Waals surface area contributed by atoms with Gasteiger partial charge in [0.25, 0.3) is 5.56 Å². The highest BCUT2D eigenvalue weighted by Crippen LogP contribution is 2.15. The lowest BCUT2D eigenvalue weighted by molar-refractivity contribution is 0.429. The van der Waals surface area contributed by atoms with Gasteiger partial charge in [0.05, 0.1) is 6.07 Å². The van der Waals surface area contributed by atoms with Crippen molar-refractivity contribution < 1.29 is 5.11 Å². The third kappa shape index (κ3) is 3.98. The minimum atomic E-state index is -0.679. The number of nitrogens with zero attached hydrogens (tertiary/aromatic N) is 2. The van der Waals surface area contributed by atoms with E-state index in [0.717, 1.165) is 26.3 Å². The van der Waals surface area contributed by atoms with Crippen LogP contribution in [-0.4, -0.2) is 14.2 Å². The average molecular weight is 360 g/mol. The van der Waals surface area contributed by atoms with Gasteiger partial charge in [-0.3, -0.25) is 4.79 Å². The van der Waals surface area contributed by atoms with Crippen molar-refractivity contribution in [1.82, 2.24) is 9.13 Å². The third-order valence-corrected chi connectivity index (χ3v) is 4.22. The first-order chi connectivity index (χ1) is 13.0. The van der Waals surface area contributed by atoms with Gasteiger partial charge in [-0.2, -0.15) is 0 Å². The van der Waals surface area contributed by atoms with Crippen LogP contribution in [0, 0.1) is 0 Å². The Morgan fingerprint density at radius 3 is 1.70 bits per heavy atom. The highest BCUT2D eigenvalue weighted by molar-refractivity contribution is 5.51. The minimum absolute atomic E-state index is 0.331. The predicted octanol–water partition coefficient (Wildman–Crippen LogP) is 3.14. The Balaban J connectivity index is 1.98. The Morgan fingerprint density at radius 1 is 0.778 bits per heavy atom. The van der Waals surface area contributed by atoms with Crippen molar-refractivity contribution in [3.8, 4) is 5.88 Å². The van der Waals surface area contributed by atoms with Crippen molar-refractivity contribution in [2.75, 3.05) is 0 Å². The molecule has 0 aliphatic heterocycles. The summed E-state index contributed by atoms with van der Waals surface area (Å²) in [5, 5.41) is 10.2. The Morgan fingerprint density at radius 2 is 1.22 bits per heavy atom. The van der Waals surface area contributed by atoms with Gasteiger partial charge in [-0.05, 0) is 11.1 Å². The fourth-order valence-corrected chi connectivity index (χ4v) is 2.94. The summed E-state index contributed by atoms with van der Waals surface area (Å²) in [6.45, 7) is 7.81. The molecule has 2 aromatic carbocycles. The smallest absolute Gasteiger partial charge is 0.342 e. The Hall–Kier alpha value is -3.60. The van der Waals surface area contributed by atoms with Crippen molar-refractivity contribution in [2.24, 2.45) is 0 Å². The summed E-state index contributed by atoms with van der Waals surface area (Å²) in [6, 6.07) is 19.9. The van der Waals surface area contributed by atoms with E-state index >= 15 is 0 Å². The van der Waals surface area contributed by atoms with Crippen molar-refractivity contribution >= 4 is 11.4 Å². The number of rotatable bonds is 6. The van der Waals surface area contributed by atoms with Crippen molar-refractivity contribution in [1.29, 1.82) is 0 Å². The molecule has 0 bridgehead atoms. The third-order valence-electron chi connectivity index (χ3n) is 4.22. The SMILES string of the molecule is C=C(Cc1ccccc1)n1c(O)cc(=O)n(C(=C)Cc2ccccc2)c1=O. The van der Waals surface area contributed by atoms with Gasteiger partial charge < -0.3 is 5.11 Å². The molecule has 0 saturated heterocycles. The summed E-state index contributed by atoms with van der Waals surface area (Å²) in [5.41, 5.74) is 1.26. The van der Waals surface area contributed by atoms with Gasteiger partial charge in [0.1, 0.15) is 0 Å². The molecule has 5 heteroatoms. The molecule has 0 spiro atoms. The van der Waals surface area contributed by atoms with Crippen LogP contribution >= 0.6 is 0 Å². The molecule has 0 unspecified atom stereocenters. The van der Waals surface area contributed by atoms with E-state index < -0.39 is 17.1 Å². The topological polar surface area (TPSA) is 64.2 Å². The molecule has 0 fully saturated rings. The zero-order valence-corrected chi connectivity index (χ0v) is 14.8. The first-order valence-corrected chi connectivity index (χ1v) is 8.49.